The molecule has 1 aliphatic heterocycles. The highest BCUT2D eigenvalue weighted by molar-refractivity contribution is 5.29. The van der Waals surface area contributed by atoms with E-state index in [1.54, 1.807) is 6.07 Å². The fourth-order valence-corrected chi connectivity index (χ4v) is 2.79. The van der Waals surface area contributed by atoms with Gasteiger partial charge in [-0.3, -0.25) is 0 Å². The number of benzene rings is 1. The van der Waals surface area contributed by atoms with Crippen LogP contribution in [0.25, 0.3) is 0 Å². The SMILES string of the molecule is Cc1cc(F)ccc1C1OCCCC1CNC(C)(C)C. The molecule has 112 valence electrons. The normalized spacial score (nSPS) is 23.9. The molecule has 1 heterocycles. The Bertz CT molecular complexity index is 453. The summed E-state index contributed by atoms with van der Waals surface area (Å²) in [5.74, 6) is 0.276. The Balaban J connectivity index is 2.14. The maximum Gasteiger partial charge on any atom is 0.123 e. The summed E-state index contributed by atoms with van der Waals surface area (Å²) in [6.45, 7) is 10.2. The van der Waals surface area contributed by atoms with Crippen LogP contribution in [0.1, 0.15) is 50.8 Å². The Morgan fingerprint density at radius 2 is 2.10 bits per heavy atom. The molecule has 2 nitrogen and oxygen atoms in total. The summed E-state index contributed by atoms with van der Waals surface area (Å²) in [5.41, 5.74) is 2.23. The smallest absolute Gasteiger partial charge is 0.123 e. The van der Waals surface area contributed by atoms with E-state index in [2.05, 4.69) is 26.1 Å². The standard InChI is InChI=1S/C17H26FNO/c1-12-10-14(18)7-8-15(12)16-13(6-5-9-20-16)11-19-17(2,3)4/h7-8,10,13,16,19H,5-6,9,11H2,1-4H3. The van der Waals surface area contributed by atoms with Crippen LogP contribution in [-0.2, 0) is 4.74 Å². The van der Waals surface area contributed by atoms with E-state index in [0.29, 0.717) is 5.92 Å². The van der Waals surface area contributed by atoms with Crippen LogP contribution in [0.15, 0.2) is 18.2 Å². The second-order valence-corrected chi connectivity index (χ2v) is 6.83. The molecule has 1 aromatic rings. The summed E-state index contributed by atoms with van der Waals surface area (Å²) in [4.78, 5) is 0. The van der Waals surface area contributed by atoms with Crippen LogP contribution in [0.5, 0.6) is 0 Å². The average molecular weight is 279 g/mol. The molecule has 1 N–H and O–H groups in total. The zero-order valence-electron chi connectivity index (χ0n) is 13.0. The lowest BCUT2D eigenvalue weighted by molar-refractivity contribution is -0.0296. The van der Waals surface area contributed by atoms with Gasteiger partial charge in [-0.15, -0.1) is 0 Å². The molecule has 0 bridgehead atoms. The average Bonchev–Trinajstić information content (AvgIpc) is 2.36. The number of ether oxygens (including phenoxy) is 1. The molecule has 20 heavy (non-hydrogen) atoms. The van der Waals surface area contributed by atoms with Gasteiger partial charge >= 0.3 is 0 Å². The predicted molar refractivity (Wildman–Crippen MR) is 80.3 cm³/mol. The van der Waals surface area contributed by atoms with Crippen LogP contribution in [0.4, 0.5) is 4.39 Å². The minimum absolute atomic E-state index is 0.0826. The van der Waals surface area contributed by atoms with Gasteiger partial charge in [-0.05, 0) is 63.8 Å². The second kappa shape index (κ2) is 6.23. The van der Waals surface area contributed by atoms with Gasteiger partial charge in [0.2, 0.25) is 0 Å². The second-order valence-electron chi connectivity index (χ2n) is 6.83. The number of halogens is 1. The molecule has 1 aliphatic rings. The zero-order valence-corrected chi connectivity index (χ0v) is 13.0. The first-order chi connectivity index (χ1) is 9.37. The first kappa shape index (κ1) is 15.5. The quantitative estimate of drug-likeness (QED) is 0.903. The summed E-state index contributed by atoms with van der Waals surface area (Å²) in [5, 5.41) is 3.57. The molecule has 0 aliphatic carbocycles. The topological polar surface area (TPSA) is 21.3 Å². The summed E-state index contributed by atoms with van der Waals surface area (Å²) in [6, 6.07) is 5.01. The Hall–Kier alpha value is -0.930. The van der Waals surface area contributed by atoms with E-state index in [4.69, 9.17) is 4.74 Å². The molecule has 0 spiro atoms. The van der Waals surface area contributed by atoms with E-state index in [0.717, 1.165) is 37.1 Å². The highest BCUT2D eigenvalue weighted by Crippen LogP contribution is 2.35. The number of rotatable bonds is 3. The largest absolute Gasteiger partial charge is 0.373 e. The third-order valence-electron chi connectivity index (χ3n) is 3.88. The van der Waals surface area contributed by atoms with Gasteiger partial charge in [0.15, 0.2) is 0 Å². The lowest BCUT2D eigenvalue weighted by Gasteiger charge is -2.35. The third-order valence-corrected chi connectivity index (χ3v) is 3.88. The molecule has 3 heteroatoms. The van der Waals surface area contributed by atoms with E-state index in [9.17, 15) is 4.39 Å². The number of hydrogen-bond donors (Lipinski definition) is 1. The summed E-state index contributed by atoms with van der Waals surface area (Å²) in [7, 11) is 0. The predicted octanol–water partition coefficient (Wildman–Crippen LogP) is 3.99. The van der Waals surface area contributed by atoms with Crippen molar-refractivity contribution < 1.29 is 9.13 Å². The Morgan fingerprint density at radius 3 is 2.75 bits per heavy atom. The maximum atomic E-state index is 13.3. The summed E-state index contributed by atoms with van der Waals surface area (Å²) in [6.07, 6.45) is 2.34. The molecule has 2 atom stereocenters. The van der Waals surface area contributed by atoms with Gasteiger partial charge in [-0.25, -0.2) is 4.39 Å². The summed E-state index contributed by atoms with van der Waals surface area (Å²) < 4.78 is 19.3. The molecule has 2 rings (SSSR count). The minimum atomic E-state index is -0.175. The van der Waals surface area contributed by atoms with Gasteiger partial charge in [-0.1, -0.05) is 6.07 Å². The molecule has 0 saturated carbocycles. The van der Waals surface area contributed by atoms with Crippen LogP contribution in [-0.4, -0.2) is 18.7 Å². The van der Waals surface area contributed by atoms with Gasteiger partial charge < -0.3 is 10.1 Å². The van der Waals surface area contributed by atoms with E-state index < -0.39 is 0 Å². The van der Waals surface area contributed by atoms with Crippen molar-refractivity contribution in [1.82, 2.24) is 5.32 Å². The fourth-order valence-electron chi connectivity index (χ4n) is 2.79. The van der Waals surface area contributed by atoms with Crippen LogP contribution in [0, 0.1) is 18.7 Å². The van der Waals surface area contributed by atoms with Crippen LogP contribution in [0.3, 0.4) is 0 Å². The lowest BCUT2D eigenvalue weighted by Crippen LogP contribution is -2.41. The maximum absolute atomic E-state index is 13.3. The molecule has 1 fully saturated rings. The van der Waals surface area contributed by atoms with Crippen LogP contribution >= 0.6 is 0 Å². The highest BCUT2D eigenvalue weighted by Gasteiger charge is 2.29. The molecular weight excluding hydrogens is 253 g/mol. The monoisotopic (exact) mass is 279 g/mol. The molecule has 0 radical (unpaired) electrons. The van der Waals surface area contributed by atoms with E-state index >= 15 is 0 Å². The van der Waals surface area contributed by atoms with E-state index in [-0.39, 0.29) is 17.5 Å². The highest BCUT2D eigenvalue weighted by atomic mass is 19.1. The first-order valence-electron chi connectivity index (χ1n) is 7.49. The fraction of sp³-hybridized carbons (Fsp3) is 0.647. The Labute approximate surface area is 121 Å². The zero-order chi connectivity index (χ0) is 14.8. The van der Waals surface area contributed by atoms with E-state index in [1.165, 1.54) is 6.07 Å². The van der Waals surface area contributed by atoms with Crippen molar-refractivity contribution in [3.05, 3.63) is 35.1 Å². The molecule has 0 aromatic heterocycles. The number of aryl methyl sites for hydroxylation is 1. The van der Waals surface area contributed by atoms with Crippen molar-refractivity contribution in [2.75, 3.05) is 13.2 Å². The molecule has 0 amide bonds. The van der Waals surface area contributed by atoms with E-state index in [1.807, 2.05) is 13.0 Å². The van der Waals surface area contributed by atoms with Crippen molar-refractivity contribution >= 4 is 0 Å². The molecule has 1 saturated heterocycles. The molecule has 1 aromatic carbocycles. The van der Waals surface area contributed by atoms with Crippen molar-refractivity contribution in [2.24, 2.45) is 5.92 Å². The summed E-state index contributed by atoms with van der Waals surface area (Å²) >= 11 is 0. The molecule has 2 unspecified atom stereocenters. The van der Waals surface area contributed by atoms with Crippen LogP contribution in [0.2, 0.25) is 0 Å². The first-order valence-corrected chi connectivity index (χ1v) is 7.49. The van der Waals surface area contributed by atoms with Crippen LogP contribution < -0.4 is 5.32 Å². The minimum Gasteiger partial charge on any atom is -0.373 e. The number of hydrogen-bond acceptors (Lipinski definition) is 2. The molecular formula is C17H26FNO. The van der Waals surface area contributed by atoms with Gasteiger partial charge in [0, 0.05) is 24.6 Å². The lowest BCUT2D eigenvalue weighted by atomic mass is 9.87. The Kier molecular flexibility index (Phi) is 4.82. The van der Waals surface area contributed by atoms with Crippen molar-refractivity contribution in [3.8, 4) is 0 Å². The van der Waals surface area contributed by atoms with Gasteiger partial charge in [0.1, 0.15) is 5.82 Å². The van der Waals surface area contributed by atoms with Gasteiger partial charge in [0.25, 0.3) is 0 Å². The Morgan fingerprint density at radius 1 is 1.35 bits per heavy atom. The van der Waals surface area contributed by atoms with Crippen molar-refractivity contribution in [1.29, 1.82) is 0 Å². The van der Waals surface area contributed by atoms with Gasteiger partial charge in [0.05, 0.1) is 6.10 Å². The number of nitrogens with one attached hydrogen (secondary N) is 1. The van der Waals surface area contributed by atoms with Gasteiger partial charge in [-0.2, -0.15) is 0 Å². The van der Waals surface area contributed by atoms with Crippen molar-refractivity contribution in [2.45, 2.75) is 52.2 Å². The van der Waals surface area contributed by atoms with Crippen molar-refractivity contribution in [3.63, 3.8) is 0 Å². The third kappa shape index (κ3) is 4.03.